The Morgan fingerprint density at radius 2 is 1.44 bits per heavy atom. The molecule has 0 bridgehead atoms. The van der Waals surface area contributed by atoms with Gasteiger partial charge in [-0.1, -0.05) is 11.8 Å². The molecule has 0 spiro atoms. The highest BCUT2D eigenvalue weighted by molar-refractivity contribution is 8.13. The lowest BCUT2D eigenvalue weighted by Crippen LogP contribution is -2.33. The van der Waals surface area contributed by atoms with Crippen molar-refractivity contribution < 1.29 is 35.5 Å². The summed E-state index contributed by atoms with van der Waals surface area (Å²) >= 11 is 0.511. The molecule has 0 saturated heterocycles. The van der Waals surface area contributed by atoms with Gasteiger partial charge in [0.1, 0.15) is 6.42 Å². The molecule has 108 valence electrons. The average molecular weight is 300 g/mol. The molecule has 0 aliphatic carbocycles. The second-order valence-electron chi connectivity index (χ2n) is 3.77. The van der Waals surface area contributed by atoms with E-state index in [4.69, 9.17) is 0 Å². The minimum atomic E-state index is -5.20. The topological polar surface area (TPSA) is 17.1 Å². The number of hydrogen-bond donors (Lipinski definition) is 0. The third kappa shape index (κ3) is 9.55. The molecule has 0 amide bonds. The number of thioether (sulfide) groups is 1. The molecule has 0 aromatic carbocycles. The minimum absolute atomic E-state index is 0.412. The zero-order chi connectivity index (χ0) is 14.6. The average Bonchev–Trinajstić information content (AvgIpc) is 1.93. The van der Waals surface area contributed by atoms with Crippen molar-refractivity contribution in [1.29, 1.82) is 0 Å². The molecule has 9 heteroatoms. The third-order valence-electron chi connectivity index (χ3n) is 1.75. The van der Waals surface area contributed by atoms with Crippen molar-refractivity contribution in [3.8, 4) is 0 Å². The number of rotatable bonds is 6. The fourth-order valence-corrected chi connectivity index (χ4v) is 1.85. The van der Waals surface area contributed by atoms with Gasteiger partial charge in [-0.3, -0.25) is 4.79 Å². The van der Waals surface area contributed by atoms with Gasteiger partial charge in [0.05, 0.1) is 6.42 Å². The van der Waals surface area contributed by atoms with Crippen molar-refractivity contribution in [1.82, 2.24) is 0 Å². The minimum Gasteiger partial charge on any atom is -0.288 e. The Labute approximate surface area is 103 Å². The van der Waals surface area contributed by atoms with Crippen LogP contribution in [-0.2, 0) is 4.79 Å². The monoisotopic (exact) mass is 300 g/mol. The molecular formula is C9H11F7OS. The number of alkyl halides is 7. The van der Waals surface area contributed by atoms with Gasteiger partial charge in [-0.25, -0.2) is 17.6 Å². The van der Waals surface area contributed by atoms with Gasteiger partial charge < -0.3 is 0 Å². The maximum Gasteiger partial charge on any atom is 0.394 e. The molecular weight excluding hydrogens is 289 g/mol. The van der Waals surface area contributed by atoms with E-state index in [1.54, 1.807) is 0 Å². The summed E-state index contributed by atoms with van der Waals surface area (Å²) in [4.78, 5) is 10.4. The van der Waals surface area contributed by atoms with Crippen LogP contribution in [0.1, 0.15) is 26.2 Å². The molecule has 0 aliphatic heterocycles. The van der Waals surface area contributed by atoms with E-state index in [0.29, 0.717) is 11.8 Å². The summed E-state index contributed by atoms with van der Waals surface area (Å²) in [6, 6.07) is 0. The molecule has 0 aliphatic rings. The summed E-state index contributed by atoms with van der Waals surface area (Å²) in [5.41, 5.74) is 0. The van der Waals surface area contributed by atoms with Crippen LogP contribution >= 0.6 is 11.8 Å². The third-order valence-corrected chi connectivity index (χ3v) is 2.56. The highest BCUT2D eigenvalue weighted by atomic mass is 32.2. The summed E-state index contributed by atoms with van der Waals surface area (Å²) in [6.45, 7) is 1.11. The maximum absolute atomic E-state index is 13.0. The Kier molecular flexibility index (Phi) is 5.96. The molecule has 1 nitrogen and oxygen atoms in total. The molecule has 0 saturated carbocycles. The first-order valence-corrected chi connectivity index (χ1v) is 5.77. The Hall–Kier alpha value is -0.470. The van der Waals surface area contributed by atoms with Crippen molar-refractivity contribution in [2.45, 2.75) is 44.2 Å². The first kappa shape index (κ1) is 17.5. The van der Waals surface area contributed by atoms with Crippen LogP contribution in [0.4, 0.5) is 30.7 Å². The second-order valence-corrected chi connectivity index (χ2v) is 5.04. The predicted molar refractivity (Wildman–Crippen MR) is 52.9 cm³/mol. The quantitative estimate of drug-likeness (QED) is 0.681. The van der Waals surface area contributed by atoms with Crippen LogP contribution in [0.3, 0.4) is 0 Å². The van der Waals surface area contributed by atoms with Gasteiger partial charge in [0.2, 0.25) is 0 Å². The summed E-state index contributed by atoms with van der Waals surface area (Å²) in [6.07, 6.45) is -11.0. The standard InChI is InChI=1S/C9H11F7OS/c1-6(17)18-3-2-7(10,11)4-8(12,13)5-9(14,15)16/h2-5H2,1H3. The van der Waals surface area contributed by atoms with Gasteiger partial charge in [-0.2, -0.15) is 13.2 Å². The Balaban J connectivity index is 4.32. The lowest BCUT2D eigenvalue weighted by atomic mass is 10.1. The molecule has 0 rings (SSSR count). The van der Waals surface area contributed by atoms with Crippen LogP contribution < -0.4 is 0 Å². The lowest BCUT2D eigenvalue weighted by Gasteiger charge is -2.23. The summed E-state index contributed by atoms with van der Waals surface area (Å²) < 4.78 is 86.5. The molecule has 0 fully saturated rings. The SMILES string of the molecule is CC(=O)SCCC(F)(F)CC(F)(F)CC(F)(F)F. The van der Waals surface area contributed by atoms with Gasteiger partial charge >= 0.3 is 6.18 Å². The first-order valence-electron chi connectivity index (χ1n) is 4.79. The Morgan fingerprint density at radius 3 is 1.83 bits per heavy atom. The highest BCUT2D eigenvalue weighted by Gasteiger charge is 2.49. The van der Waals surface area contributed by atoms with Crippen LogP contribution in [0.15, 0.2) is 0 Å². The van der Waals surface area contributed by atoms with E-state index >= 15 is 0 Å². The number of hydrogen-bond acceptors (Lipinski definition) is 2. The van der Waals surface area contributed by atoms with Crippen molar-refractivity contribution >= 4 is 16.9 Å². The van der Waals surface area contributed by atoms with E-state index in [9.17, 15) is 35.5 Å². The van der Waals surface area contributed by atoms with Crippen LogP contribution in [0.2, 0.25) is 0 Å². The van der Waals surface area contributed by atoms with Gasteiger partial charge in [0.15, 0.2) is 5.12 Å². The van der Waals surface area contributed by atoms with Crippen molar-refractivity contribution in [2.75, 3.05) is 5.75 Å². The molecule has 0 aromatic heterocycles. The number of carbonyl (C=O) groups excluding carboxylic acids is 1. The first-order chi connectivity index (χ1) is 7.83. The molecule has 0 N–H and O–H groups in total. The molecule has 0 unspecified atom stereocenters. The summed E-state index contributed by atoms with van der Waals surface area (Å²) in [5, 5.41) is -0.465. The smallest absolute Gasteiger partial charge is 0.288 e. The highest BCUT2D eigenvalue weighted by Crippen LogP contribution is 2.40. The fraction of sp³-hybridized carbons (Fsp3) is 0.889. The maximum atomic E-state index is 13.0. The van der Waals surface area contributed by atoms with Gasteiger partial charge in [0, 0.05) is 19.1 Å². The van der Waals surface area contributed by atoms with E-state index in [2.05, 4.69) is 0 Å². The molecule has 0 aromatic rings. The van der Waals surface area contributed by atoms with E-state index in [1.807, 2.05) is 0 Å². The van der Waals surface area contributed by atoms with E-state index in [1.165, 1.54) is 0 Å². The molecule has 0 radical (unpaired) electrons. The fourth-order valence-electron chi connectivity index (χ4n) is 1.17. The van der Waals surface area contributed by atoms with Crippen LogP contribution in [0.5, 0.6) is 0 Å². The predicted octanol–water partition coefficient (Wildman–Crippen LogP) is 4.27. The Bertz CT molecular complexity index is 287. The van der Waals surface area contributed by atoms with Crippen molar-refractivity contribution in [3.05, 3.63) is 0 Å². The number of carbonyl (C=O) groups is 1. The van der Waals surface area contributed by atoms with E-state index < -0.39 is 48.2 Å². The number of halogens is 7. The van der Waals surface area contributed by atoms with Crippen molar-refractivity contribution in [3.63, 3.8) is 0 Å². The van der Waals surface area contributed by atoms with Gasteiger partial charge in [-0.05, 0) is 0 Å². The van der Waals surface area contributed by atoms with Crippen molar-refractivity contribution in [2.24, 2.45) is 0 Å². The Morgan fingerprint density at radius 1 is 0.944 bits per heavy atom. The van der Waals surface area contributed by atoms with Crippen LogP contribution in [0, 0.1) is 0 Å². The lowest BCUT2D eigenvalue weighted by molar-refractivity contribution is -0.205. The molecule has 0 heterocycles. The van der Waals surface area contributed by atoms with E-state index in [0.717, 1.165) is 6.92 Å². The van der Waals surface area contributed by atoms with Crippen LogP contribution in [0.25, 0.3) is 0 Å². The zero-order valence-corrected chi connectivity index (χ0v) is 10.1. The zero-order valence-electron chi connectivity index (χ0n) is 9.29. The summed E-state index contributed by atoms with van der Waals surface area (Å²) in [7, 11) is 0. The largest absolute Gasteiger partial charge is 0.394 e. The molecule has 0 atom stereocenters. The van der Waals surface area contributed by atoms with E-state index in [-0.39, 0.29) is 0 Å². The van der Waals surface area contributed by atoms with Gasteiger partial charge in [-0.15, -0.1) is 0 Å². The normalized spacial score (nSPS) is 13.8. The van der Waals surface area contributed by atoms with Crippen LogP contribution in [-0.4, -0.2) is 28.9 Å². The second kappa shape index (κ2) is 6.12. The molecule has 18 heavy (non-hydrogen) atoms. The summed E-state index contributed by atoms with van der Waals surface area (Å²) in [5.74, 6) is -8.86. The van der Waals surface area contributed by atoms with Gasteiger partial charge in [0.25, 0.3) is 11.8 Å².